The van der Waals surface area contributed by atoms with Crippen LogP contribution in [0.25, 0.3) is 16.9 Å². The van der Waals surface area contributed by atoms with E-state index in [1.165, 1.54) is 11.3 Å². The largest absolute Gasteiger partial charge is 0.321 e. The molecule has 0 aliphatic carbocycles. The van der Waals surface area contributed by atoms with Gasteiger partial charge < -0.3 is 5.32 Å². The topological polar surface area (TPSA) is 72.2 Å². The molecule has 118 valence electrons. The first-order chi connectivity index (χ1) is 11.7. The van der Waals surface area contributed by atoms with E-state index in [2.05, 4.69) is 20.6 Å². The Balaban J connectivity index is 1.66. The average molecular weight is 335 g/mol. The predicted octanol–water partition coefficient (Wildman–Crippen LogP) is 3.41. The third-order valence-corrected chi connectivity index (χ3v) is 4.45. The first-order valence-electron chi connectivity index (χ1n) is 7.35. The summed E-state index contributed by atoms with van der Waals surface area (Å²) in [5.41, 5.74) is 3.14. The number of nitrogens with zero attached hydrogens (tertiary/aromatic N) is 4. The molecule has 3 aromatic heterocycles. The van der Waals surface area contributed by atoms with Gasteiger partial charge in [0.25, 0.3) is 5.91 Å². The number of anilines is 1. The van der Waals surface area contributed by atoms with Crippen molar-refractivity contribution in [2.24, 2.45) is 0 Å². The van der Waals surface area contributed by atoms with Crippen LogP contribution in [-0.2, 0) is 0 Å². The van der Waals surface area contributed by atoms with Gasteiger partial charge in [-0.3, -0.25) is 4.79 Å². The second kappa shape index (κ2) is 5.86. The van der Waals surface area contributed by atoms with Gasteiger partial charge in [-0.15, -0.1) is 21.5 Å². The number of hydrogen-bond donors (Lipinski definition) is 1. The Labute approximate surface area is 141 Å². The van der Waals surface area contributed by atoms with Crippen LogP contribution in [0.2, 0.25) is 0 Å². The molecule has 24 heavy (non-hydrogen) atoms. The van der Waals surface area contributed by atoms with Crippen LogP contribution in [0.3, 0.4) is 0 Å². The maximum atomic E-state index is 12.2. The monoisotopic (exact) mass is 335 g/mol. The summed E-state index contributed by atoms with van der Waals surface area (Å²) < 4.78 is 1.70. The van der Waals surface area contributed by atoms with Crippen molar-refractivity contribution in [3.8, 4) is 11.3 Å². The van der Waals surface area contributed by atoms with Gasteiger partial charge in [-0.05, 0) is 42.6 Å². The molecule has 0 spiro atoms. The fourth-order valence-electron chi connectivity index (χ4n) is 2.41. The highest BCUT2D eigenvalue weighted by atomic mass is 32.1. The summed E-state index contributed by atoms with van der Waals surface area (Å²) in [5.74, 6) is 0.620. The fourth-order valence-corrected chi connectivity index (χ4v) is 3.03. The molecule has 4 aromatic rings. The van der Waals surface area contributed by atoms with E-state index >= 15 is 0 Å². The Hall–Kier alpha value is -3.06. The molecule has 3 heterocycles. The minimum absolute atomic E-state index is 0.111. The van der Waals surface area contributed by atoms with Crippen molar-refractivity contribution in [1.82, 2.24) is 19.8 Å². The zero-order valence-corrected chi connectivity index (χ0v) is 13.6. The van der Waals surface area contributed by atoms with Crippen molar-refractivity contribution in [1.29, 1.82) is 0 Å². The Morgan fingerprint density at radius 1 is 1.12 bits per heavy atom. The molecule has 0 fully saturated rings. The molecule has 1 N–H and O–H groups in total. The Kier molecular flexibility index (Phi) is 3.55. The summed E-state index contributed by atoms with van der Waals surface area (Å²) in [7, 11) is 0. The van der Waals surface area contributed by atoms with Gasteiger partial charge in [0.05, 0.1) is 10.6 Å². The summed E-state index contributed by atoms with van der Waals surface area (Å²) >= 11 is 1.41. The minimum atomic E-state index is -0.111. The number of carbonyl (C=O) groups is 1. The molecule has 1 aromatic carbocycles. The highest BCUT2D eigenvalue weighted by molar-refractivity contribution is 7.12. The number of rotatable bonds is 3. The lowest BCUT2D eigenvalue weighted by Crippen LogP contribution is -2.10. The number of nitrogens with one attached hydrogen (secondary N) is 1. The van der Waals surface area contributed by atoms with E-state index in [1.54, 1.807) is 10.6 Å². The van der Waals surface area contributed by atoms with Crippen molar-refractivity contribution in [3.05, 3.63) is 64.6 Å². The van der Waals surface area contributed by atoms with Gasteiger partial charge >= 0.3 is 0 Å². The first kappa shape index (κ1) is 14.5. The average Bonchev–Trinajstić information content (AvgIpc) is 3.25. The zero-order valence-electron chi connectivity index (χ0n) is 12.8. The molecule has 0 saturated heterocycles. The van der Waals surface area contributed by atoms with Gasteiger partial charge in [0.1, 0.15) is 0 Å². The molecule has 1 amide bonds. The van der Waals surface area contributed by atoms with Crippen LogP contribution in [-0.4, -0.2) is 25.7 Å². The predicted molar refractivity (Wildman–Crippen MR) is 93.2 cm³/mol. The van der Waals surface area contributed by atoms with Crippen molar-refractivity contribution in [2.45, 2.75) is 6.92 Å². The number of benzene rings is 1. The van der Waals surface area contributed by atoms with Crippen LogP contribution in [0, 0.1) is 6.92 Å². The third-order valence-electron chi connectivity index (χ3n) is 3.58. The smallest absolute Gasteiger partial charge is 0.265 e. The van der Waals surface area contributed by atoms with Crippen LogP contribution in [0.4, 0.5) is 5.69 Å². The van der Waals surface area contributed by atoms with Crippen LogP contribution in [0.15, 0.2) is 53.9 Å². The number of aryl methyl sites for hydroxylation is 1. The maximum absolute atomic E-state index is 12.2. The molecule has 4 rings (SSSR count). The lowest BCUT2D eigenvalue weighted by Gasteiger charge is -2.07. The number of aromatic nitrogens is 4. The lowest BCUT2D eigenvalue weighted by atomic mass is 10.1. The van der Waals surface area contributed by atoms with Crippen LogP contribution >= 0.6 is 11.3 Å². The van der Waals surface area contributed by atoms with E-state index in [4.69, 9.17) is 0 Å². The quantitative estimate of drug-likeness (QED) is 0.623. The SMILES string of the molecule is Cc1nnc2ccc(-c3cccc(NC(=O)c4cccs4)c3)nn12. The molecular weight excluding hydrogens is 322 g/mol. The summed E-state index contributed by atoms with van der Waals surface area (Å²) in [6, 6.07) is 15.0. The molecule has 6 nitrogen and oxygen atoms in total. The molecule has 0 aliphatic rings. The summed E-state index contributed by atoms with van der Waals surface area (Å²) in [6.45, 7) is 1.86. The van der Waals surface area contributed by atoms with Crippen LogP contribution in [0.5, 0.6) is 0 Å². The van der Waals surface area contributed by atoms with E-state index in [9.17, 15) is 4.79 Å². The molecule has 0 bridgehead atoms. The van der Waals surface area contributed by atoms with Gasteiger partial charge in [-0.2, -0.15) is 9.61 Å². The summed E-state index contributed by atoms with van der Waals surface area (Å²) in [4.78, 5) is 12.9. The van der Waals surface area contributed by atoms with Gasteiger partial charge in [0.15, 0.2) is 11.5 Å². The van der Waals surface area contributed by atoms with E-state index in [1.807, 2.05) is 54.8 Å². The number of amides is 1. The van der Waals surface area contributed by atoms with Crippen LogP contribution < -0.4 is 5.32 Å². The number of thiophene rings is 1. The molecule has 0 aliphatic heterocycles. The van der Waals surface area contributed by atoms with Gasteiger partial charge in [0, 0.05) is 11.3 Å². The highest BCUT2D eigenvalue weighted by Gasteiger charge is 2.09. The van der Waals surface area contributed by atoms with E-state index in [-0.39, 0.29) is 5.91 Å². The van der Waals surface area contributed by atoms with Crippen molar-refractivity contribution < 1.29 is 4.79 Å². The van der Waals surface area contributed by atoms with E-state index < -0.39 is 0 Å². The Morgan fingerprint density at radius 2 is 2.04 bits per heavy atom. The zero-order chi connectivity index (χ0) is 16.5. The maximum Gasteiger partial charge on any atom is 0.265 e. The highest BCUT2D eigenvalue weighted by Crippen LogP contribution is 2.22. The first-order valence-corrected chi connectivity index (χ1v) is 8.23. The van der Waals surface area contributed by atoms with Crippen molar-refractivity contribution in [2.75, 3.05) is 5.32 Å². The number of hydrogen-bond acceptors (Lipinski definition) is 5. The number of carbonyl (C=O) groups excluding carboxylic acids is 1. The Bertz CT molecular complexity index is 1020. The summed E-state index contributed by atoms with van der Waals surface area (Å²) in [5, 5.41) is 17.4. The van der Waals surface area contributed by atoms with Gasteiger partial charge in [-0.1, -0.05) is 18.2 Å². The van der Waals surface area contributed by atoms with Crippen LogP contribution in [0.1, 0.15) is 15.5 Å². The van der Waals surface area contributed by atoms with Gasteiger partial charge in [-0.25, -0.2) is 0 Å². The number of fused-ring (bicyclic) bond motifs is 1. The molecule has 0 unspecified atom stereocenters. The normalized spacial score (nSPS) is 10.9. The Morgan fingerprint density at radius 3 is 2.88 bits per heavy atom. The van der Waals surface area contributed by atoms with Gasteiger partial charge in [0.2, 0.25) is 0 Å². The molecular formula is C17H13N5OS. The second-order valence-electron chi connectivity index (χ2n) is 5.25. The lowest BCUT2D eigenvalue weighted by molar-refractivity contribution is 0.103. The molecule has 0 saturated carbocycles. The van der Waals surface area contributed by atoms with E-state index in [0.717, 1.165) is 22.8 Å². The van der Waals surface area contributed by atoms with Crippen molar-refractivity contribution >= 4 is 28.6 Å². The van der Waals surface area contributed by atoms with Crippen molar-refractivity contribution in [3.63, 3.8) is 0 Å². The molecule has 7 heteroatoms. The molecule has 0 atom stereocenters. The third kappa shape index (κ3) is 2.65. The fraction of sp³-hybridized carbons (Fsp3) is 0.0588. The standard InChI is InChI=1S/C17H13N5OS/c1-11-19-20-16-8-7-14(21-22(11)16)12-4-2-5-13(10-12)18-17(23)15-6-3-9-24-15/h2-10H,1H3,(H,18,23). The molecule has 0 radical (unpaired) electrons. The summed E-state index contributed by atoms with van der Waals surface area (Å²) in [6.07, 6.45) is 0. The second-order valence-corrected chi connectivity index (χ2v) is 6.20. The minimum Gasteiger partial charge on any atom is -0.321 e. The van der Waals surface area contributed by atoms with E-state index in [0.29, 0.717) is 10.5 Å².